The van der Waals surface area contributed by atoms with Crippen LogP contribution in [0, 0.1) is 0 Å². The Labute approximate surface area is 206 Å². The zero-order chi connectivity index (χ0) is 23.7. The lowest BCUT2D eigenvalue weighted by molar-refractivity contribution is 0.164. The van der Waals surface area contributed by atoms with Gasteiger partial charge in [0.05, 0.1) is 12.1 Å². The summed E-state index contributed by atoms with van der Waals surface area (Å²) >= 11 is 12.7. The van der Waals surface area contributed by atoms with Crippen LogP contribution in [0.3, 0.4) is 0 Å². The lowest BCUT2D eigenvalue weighted by Gasteiger charge is -2.32. The number of nitrogens with zero attached hydrogens (tertiary/aromatic N) is 5. The largest absolute Gasteiger partial charge is 0.453 e. The van der Waals surface area contributed by atoms with Gasteiger partial charge < -0.3 is 15.0 Å². The van der Waals surface area contributed by atoms with Crippen LogP contribution in [0.4, 0.5) is 10.6 Å². The molecule has 2 aromatic carbocycles. The molecule has 1 fully saturated rings. The second kappa shape index (κ2) is 9.48. The van der Waals surface area contributed by atoms with Gasteiger partial charge in [0.15, 0.2) is 17.0 Å². The number of anilines is 1. The summed E-state index contributed by atoms with van der Waals surface area (Å²) in [6.45, 7) is 1.44. The zero-order valence-corrected chi connectivity index (χ0v) is 19.9. The van der Waals surface area contributed by atoms with E-state index in [1.807, 2.05) is 53.1 Å². The molecule has 1 amide bonds. The number of hydrogen-bond donors (Lipinski definition) is 1. The molecule has 1 saturated heterocycles. The predicted molar refractivity (Wildman–Crippen MR) is 133 cm³/mol. The molecule has 3 heterocycles. The van der Waals surface area contributed by atoms with Crippen molar-refractivity contribution in [2.24, 2.45) is 0 Å². The summed E-state index contributed by atoms with van der Waals surface area (Å²) in [6.07, 6.45) is 2.70. The number of piperidine rings is 1. The summed E-state index contributed by atoms with van der Waals surface area (Å²) < 4.78 is 6.70. The third kappa shape index (κ3) is 4.26. The summed E-state index contributed by atoms with van der Waals surface area (Å²) in [5.74, 6) is 1.43. The van der Waals surface area contributed by atoms with Crippen molar-refractivity contribution in [3.8, 4) is 17.1 Å². The number of hydrogen-bond acceptors (Lipinski definition) is 6. The molecular formula is C24H22Cl2N6O2. The Hall–Kier alpha value is -3.36. The Kier molecular flexibility index (Phi) is 6.26. The van der Waals surface area contributed by atoms with Gasteiger partial charge in [0, 0.05) is 35.4 Å². The molecule has 34 heavy (non-hydrogen) atoms. The van der Waals surface area contributed by atoms with Crippen LogP contribution >= 0.6 is 23.2 Å². The number of imidazole rings is 1. The highest BCUT2D eigenvalue weighted by atomic mass is 35.5. The number of carbonyl (C=O) groups excluding carboxylic acids is 1. The highest BCUT2D eigenvalue weighted by molar-refractivity contribution is 6.33. The first-order chi connectivity index (χ1) is 16.5. The predicted octanol–water partition coefficient (Wildman–Crippen LogP) is 5.11. The van der Waals surface area contributed by atoms with Crippen LogP contribution in [0.15, 0.2) is 54.9 Å². The molecule has 8 nitrogen and oxygen atoms in total. The number of alkyl carbamates (subject to hydrolysis) is 1. The third-order valence-electron chi connectivity index (χ3n) is 5.93. The average Bonchev–Trinajstić information content (AvgIpc) is 3.25. The second-order valence-corrected chi connectivity index (χ2v) is 8.84. The van der Waals surface area contributed by atoms with E-state index in [4.69, 9.17) is 32.9 Å². The van der Waals surface area contributed by atoms with Gasteiger partial charge in [-0.05, 0) is 49.2 Å². The fourth-order valence-electron chi connectivity index (χ4n) is 4.23. The van der Waals surface area contributed by atoms with E-state index in [0.717, 1.165) is 43.0 Å². The van der Waals surface area contributed by atoms with Crippen LogP contribution < -0.4 is 10.2 Å². The number of methoxy groups -OCH3 is 1. The minimum Gasteiger partial charge on any atom is -0.453 e. The van der Waals surface area contributed by atoms with Crippen molar-refractivity contribution in [1.29, 1.82) is 0 Å². The van der Waals surface area contributed by atoms with Crippen LogP contribution in [-0.2, 0) is 4.74 Å². The molecule has 1 aliphatic heterocycles. The summed E-state index contributed by atoms with van der Waals surface area (Å²) in [5, 5.41) is 4.12. The van der Waals surface area contributed by atoms with E-state index >= 15 is 0 Å². The van der Waals surface area contributed by atoms with E-state index in [0.29, 0.717) is 27.0 Å². The Balaban J connectivity index is 1.59. The number of halogens is 2. The van der Waals surface area contributed by atoms with Gasteiger partial charge in [-0.25, -0.2) is 19.7 Å². The molecule has 0 aliphatic carbocycles. The van der Waals surface area contributed by atoms with E-state index < -0.39 is 6.09 Å². The van der Waals surface area contributed by atoms with E-state index in [2.05, 4.69) is 20.2 Å². The van der Waals surface area contributed by atoms with E-state index in [-0.39, 0.29) is 6.04 Å². The highest BCUT2D eigenvalue weighted by Crippen LogP contribution is 2.35. The monoisotopic (exact) mass is 496 g/mol. The van der Waals surface area contributed by atoms with Gasteiger partial charge in [-0.3, -0.25) is 4.57 Å². The second-order valence-electron chi connectivity index (χ2n) is 7.99. The van der Waals surface area contributed by atoms with Crippen molar-refractivity contribution in [3.05, 3.63) is 64.9 Å². The van der Waals surface area contributed by atoms with E-state index in [1.54, 1.807) is 6.33 Å². The number of amides is 1. The van der Waals surface area contributed by atoms with Crippen molar-refractivity contribution in [2.45, 2.75) is 18.9 Å². The molecule has 1 N–H and O–H groups in total. The highest BCUT2D eigenvalue weighted by Gasteiger charge is 2.26. The minimum atomic E-state index is -0.408. The van der Waals surface area contributed by atoms with Crippen molar-refractivity contribution < 1.29 is 9.53 Å². The van der Waals surface area contributed by atoms with Gasteiger partial charge in [-0.2, -0.15) is 0 Å². The topological polar surface area (TPSA) is 85.2 Å². The maximum absolute atomic E-state index is 11.6. The summed E-state index contributed by atoms with van der Waals surface area (Å²) in [6, 6.07) is 15.2. The van der Waals surface area contributed by atoms with Crippen molar-refractivity contribution in [3.63, 3.8) is 0 Å². The van der Waals surface area contributed by atoms with Gasteiger partial charge in [0.2, 0.25) is 0 Å². The molecule has 174 valence electrons. The molecule has 10 heteroatoms. The number of carbonyl (C=O) groups is 1. The van der Waals surface area contributed by atoms with Gasteiger partial charge in [0.1, 0.15) is 12.2 Å². The number of aromatic nitrogens is 4. The SMILES string of the molecule is COC(=O)NC1CCN(c2ncnc3c2nc(-c2ccccc2Cl)n3-c2ccc(Cl)cc2)CC1. The van der Waals surface area contributed by atoms with Crippen LogP contribution in [0.1, 0.15) is 12.8 Å². The van der Waals surface area contributed by atoms with Crippen molar-refractivity contribution >= 4 is 46.3 Å². The van der Waals surface area contributed by atoms with Crippen LogP contribution in [0.5, 0.6) is 0 Å². The molecule has 0 saturated carbocycles. The Bertz CT molecular complexity index is 1330. The van der Waals surface area contributed by atoms with Crippen LogP contribution in [0.2, 0.25) is 10.0 Å². The molecule has 1 aliphatic rings. The lowest BCUT2D eigenvalue weighted by atomic mass is 10.1. The molecular weight excluding hydrogens is 475 g/mol. The fourth-order valence-corrected chi connectivity index (χ4v) is 4.58. The van der Waals surface area contributed by atoms with Gasteiger partial charge in [-0.1, -0.05) is 35.3 Å². The first-order valence-electron chi connectivity index (χ1n) is 10.9. The van der Waals surface area contributed by atoms with Crippen molar-refractivity contribution in [2.75, 3.05) is 25.1 Å². The Morgan fingerprint density at radius 3 is 2.50 bits per heavy atom. The summed E-state index contributed by atoms with van der Waals surface area (Å²) in [7, 11) is 1.37. The zero-order valence-electron chi connectivity index (χ0n) is 18.4. The molecule has 0 spiro atoms. The smallest absolute Gasteiger partial charge is 0.407 e. The molecule has 0 radical (unpaired) electrons. The lowest BCUT2D eigenvalue weighted by Crippen LogP contribution is -2.45. The quantitative estimate of drug-likeness (QED) is 0.422. The number of nitrogens with one attached hydrogen (secondary N) is 1. The molecule has 0 unspecified atom stereocenters. The first-order valence-corrected chi connectivity index (χ1v) is 11.6. The summed E-state index contributed by atoms with van der Waals surface area (Å²) in [5.41, 5.74) is 3.03. The average molecular weight is 497 g/mol. The molecule has 5 rings (SSSR count). The Morgan fingerprint density at radius 1 is 1.06 bits per heavy atom. The van der Waals surface area contributed by atoms with Crippen LogP contribution in [-0.4, -0.2) is 51.9 Å². The standard InChI is InChI=1S/C24H22Cl2N6O2/c1-34-24(33)29-16-10-12-31(13-11-16)22-20-23(28-14-27-22)32(17-8-6-15(25)7-9-17)21(30-20)18-4-2-3-5-19(18)26/h2-9,14,16H,10-13H2,1H3,(H,29,33). The van der Waals surface area contributed by atoms with Gasteiger partial charge in [0.25, 0.3) is 0 Å². The maximum atomic E-state index is 11.6. The number of fused-ring (bicyclic) bond motifs is 1. The summed E-state index contributed by atoms with van der Waals surface area (Å²) in [4.78, 5) is 27.9. The Morgan fingerprint density at radius 2 is 1.79 bits per heavy atom. The number of benzene rings is 2. The molecule has 2 aromatic heterocycles. The maximum Gasteiger partial charge on any atom is 0.407 e. The molecule has 0 atom stereocenters. The normalized spacial score (nSPS) is 14.4. The van der Waals surface area contributed by atoms with Gasteiger partial charge in [-0.15, -0.1) is 0 Å². The van der Waals surface area contributed by atoms with Crippen molar-refractivity contribution in [1.82, 2.24) is 24.8 Å². The van der Waals surface area contributed by atoms with E-state index in [1.165, 1.54) is 7.11 Å². The fraction of sp³-hybridized carbons (Fsp3) is 0.250. The third-order valence-corrected chi connectivity index (χ3v) is 6.51. The first kappa shape index (κ1) is 22.4. The van der Waals surface area contributed by atoms with Crippen LogP contribution in [0.25, 0.3) is 28.2 Å². The number of ether oxygens (including phenoxy) is 1. The number of rotatable bonds is 4. The minimum absolute atomic E-state index is 0.0614. The molecule has 4 aromatic rings. The van der Waals surface area contributed by atoms with Gasteiger partial charge >= 0.3 is 6.09 Å². The van der Waals surface area contributed by atoms with E-state index in [9.17, 15) is 4.79 Å². The molecule has 0 bridgehead atoms.